The summed E-state index contributed by atoms with van der Waals surface area (Å²) in [6.07, 6.45) is -11.7. The molecule has 9 heteroatoms. The fraction of sp³-hybridized carbons (Fsp3) is 1.00. The molecule has 19 heavy (non-hydrogen) atoms. The Morgan fingerprint density at radius 2 is 1.32 bits per heavy atom. The molecule has 1 fully saturated rings. The summed E-state index contributed by atoms with van der Waals surface area (Å²) in [6.45, 7) is 0. The molecule has 0 bridgehead atoms. The molecule has 0 amide bonds. The molecular formula is C10H15F6O2P. The molecule has 0 aromatic rings. The molecule has 0 aromatic heterocycles. The predicted molar refractivity (Wildman–Crippen MR) is 57.4 cm³/mol. The van der Waals surface area contributed by atoms with E-state index in [4.69, 9.17) is 4.52 Å². The van der Waals surface area contributed by atoms with E-state index >= 15 is 0 Å². The highest BCUT2D eigenvalue weighted by atomic mass is 31.2. The second kappa shape index (κ2) is 6.04. The Hall–Kier alpha value is -0.230. The summed E-state index contributed by atoms with van der Waals surface area (Å²) >= 11 is 0. The van der Waals surface area contributed by atoms with Crippen LogP contribution in [0.4, 0.5) is 26.3 Å². The summed E-state index contributed by atoms with van der Waals surface area (Å²) < 4.78 is 90.2. The highest BCUT2D eigenvalue weighted by Crippen LogP contribution is 2.56. The Bertz CT molecular complexity index is 312. The zero-order valence-electron chi connectivity index (χ0n) is 10.1. The van der Waals surface area contributed by atoms with Gasteiger partial charge in [0.15, 0.2) is 0 Å². The molecule has 1 saturated carbocycles. The van der Waals surface area contributed by atoms with E-state index in [1.165, 1.54) is 0 Å². The van der Waals surface area contributed by atoms with Crippen LogP contribution in [-0.4, -0.2) is 30.8 Å². The lowest BCUT2D eigenvalue weighted by Crippen LogP contribution is -2.26. The van der Waals surface area contributed by atoms with E-state index < -0.39 is 38.1 Å². The molecule has 1 rings (SSSR count). The van der Waals surface area contributed by atoms with E-state index in [9.17, 15) is 30.9 Å². The summed E-state index contributed by atoms with van der Waals surface area (Å²) in [5.74, 6) is 0. The van der Waals surface area contributed by atoms with Crippen molar-refractivity contribution in [3.05, 3.63) is 0 Å². The van der Waals surface area contributed by atoms with Crippen molar-refractivity contribution >= 4 is 7.37 Å². The molecule has 0 spiro atoms. The second-order valence-electron chi connectivity index (χ2n) is 4.73. The highest BCUT2D eigenvalue weighted by molar-refractivity contribution is 7.59. The van der Waals surface area contributed by atoms with Crippen LogP contribution < -0.4 is 0 Å². The molecule has 0 saturated heterocycles. The minimum Gasteiger partial charge on any atom is -0.325 e. The monoisotopic (exact) mass is 312 g/mol. The van der Waals surface area contributed by atoms with Gasteiger partial charge in [0, 0.05) is 0 Å². The first-order valence-corrected chi connectivity index (χ1v) is 7.89. The first kappa shape index (κ1) is 16.8. The first-order valence-electron chi connectivity index (χ1n) is 5.89. The number of rotatable bonds is 4. The maximum Gasteiger partial charge on any atom is 0.398 e. The Kier molecular flexibility index (Phi) is 5.35. The van der Waals surface area contributed by atoms with Crippen LogP contribution in [-0.2, 0) is 9.09 Å². The molecule has 2 nitrogen and oxygen atoms in total. The van der Waals surface area contributed by atoms with Gasteiger partial charge < -0.3 is 4.52 Å². The average molecular weight is 312 g/mol. The summed E-state index contributed by atoms with van der Waals surface area (Å²) in [7, 11) is -4.78. The lowest BCUT2D eigenvalue weighted by atomic mass is 9.98. The molecule has 0 atom stereocenters. The van der Waals surface area contributed by atoms with E-state index in [-0.39, 0.29) is 0 Å². The van der Waals surface area contributed by atoms with Crippen LogP contribution in [0, 0.1) is 0 Å². The van der Waals surface area contributed by atoms with E-state index in [0.29, 0.717) is 25.7 Å². The molecule has 1 aliphatic carbocycles. The minimum atomic E-state index is -4.94. The Morgan fingerprint density at radius 1 is 0.895 bits per heavy atom. The Morgan fingerprint density at radius 3 is 1.68 bits per heavy atom. The molecule has 0 aliphatic heterocycles. The number of alkyl halides is 6. The van der Waals surface area contributed by atoms with E-state index in [2.05, 4.69) is 0 Å². The second-order valence-corrected chi connectivity index (χ2v) is 7.20. The van der Waals surface area contributed by atoms with Crippen molar-refractivity contribution in [1.29, 1.82) is 0 Å². The van der Waals surface area contributed by atoms with Crippen molar-refractivity contribution in [3.63, 3.8) is 0 Å². The van der Waals surface area contributed by atoms with Crippen molar-refractivity contribution in [1.82, 2.24) is 0 Å². The third-order valence-corrected chi connectivity index (χ3v) is 5.10. The van der Waals surface area contributed by atoms with Gasteiger partial charge in [0.2, 0.25) is 7.37 Å². The molecular weight excluding hydrogens is 297 g/mol. The molecule has 0 radical (unpaired) electrons. The van der Waals surface area contributed by atoms with Gasteiger partial charge in [-0.25, -0.2) is 0 Å². The number of halogens is 6. The number of hydrogen-bond donors (Lipinski definition) is 0. The van der Waals surface area contributed by atoms with Crippen LogP contribution in [0.1, 0.15) is 32.1 Å². The van der Waals surface area contributed by atoms with Crippen molar-refractivity contribution in [2.45, 2.75) is 50.6 Å². The van der Waals surface area contributed by atoms with Gasteiger partial charge in [-0.15, -0.1) is 0 Å². The summed E-state index contributed by atoms with van der Waals surface area (Å²) in [4.78, 5) is 0. The van der Waals surface area contributed by atoms with Crippen LogP contribution in [0.2, 0.25) is 0 Å². The third kappa shape index (κ3) is 7.20. The van der Waals surface area contributed by atoms with Crippen LogP contribution in [0.15, 0.2) is 0 Å². The molecule has 114 valence electrons. The zero-order chi connectivity index (χ0) is 14.7. The Labute approximate surface area is 107 Å². The molecule has 0 aromatic carbocycles. The van der Waals surface area contributed by atoms with E-state index in [0.717, 1.165) is 6.42 Å². The molecule has 0 unspecified atom stereocenters. The molecule has 0 heterocycles. The molecule has 0 N–H and O–H groups in total. The van der Waals surface area contributed by atoms with Gasteiger partial charge in [-0.3, -0.25) is 4.57 Å². The van der Waals surface area contributed by atoms with Crippen LogP contribution in [0.5, 0.6) is 0 Å². The maximum absolute atomic E-state index is 12.3. The van der Waals surface area contributed by atoms with Gasteiger partial charge in [-0.1, -0.05) is 19.3 Å². The van der Waals surface area contributed by atoms with Gasteiger partial charge in [0.1, 0.15) is 12.3 Å². The Balaban J connectivity index is 2.75. The quantitative estimate of drug-likeness (QED) is 0.554. The minimum absolute atomic E-state index is 0.361. The summed E-state index contributed by atoms with van der Waals surface area (Å²) in [5, 5.41) is 0. The van der Waals surface area contributed by atoms with Gasteiger partial charge in [-0.05, 0) is 12.8 Å². The van der Waals surface area contributed by atoms with Gasteiger partial charge in [-0.2, -0.15) is 26.3 Å². The topological polar surface area (TPSA) is 26.3 Å². The van der Waals surface area contributed by atoms with E-state index in [1.807, 2.05) is 0 Å². The largest absolute Gasteiger partial charge is 0.398 e. The predicted octanol–water partition coefficient (Wildman–Crippen LogP) is 4.74. The smallest absolute Gasteiger partial charge is 0.325 e. The SMILES string of the molecule is O=P(CC(F)(F)F)(CC(F)(F)F)OC1CCCCC1. The first-order chi connectivity index (χ1) is 8.49. The van der Waals surface area contributed by atoms with Gasteiger partial charge >= 0.3 is 12.4 Å². The van der Waals surface area contributed by atoms with Crippen molar-refractivity contribution in [2.75, 3.05) is 12.3 Å². The van der Waals surface area contributed by atoms with Crippen molar-refractivity contribution < 1.29 is 35.4 Å². The lowest BCUT2D eigenvalue weighted by molar-refractivity contribution is -0.116. The van der Waals surface area contributed by atoms with Gasteiger partial charge in [0.05, 0.1) is 6.10 Å². The average Bonchev–Trinajstić information content (AvgIpc) is 2.11. The third-order valence-electron chi connectivity index (χ3n) is 2.73. The van der Waals surface area contributed by atoms with Crippen molar-refractivity contribution in [3.8, 4) is 0 Å². The van der Waals surface area contributed by atoms with Crippen LogP contribution in [0.25, 0.3) is 0 Å². The molecule has 1 aliphatic rings. The zero-order valence-corrected chi connectivity index (χ0v) is 11.0. The van der Waals surface area contributed by atoms with E-state index in [1.54, 1.807) is 0 Å². The summed E-state index contributed by atoms with van der Waals surface area (Å²) in [5.41, 5.74) is 0. The lowest BCUT2D eigenvalue weighted by Gasteiger charge is -2.28. The van der Waals surface area contributed by atoms with Crippen LogP contribution in [0.3, 0.4) is 0 Å². The van der Waals surface area contributed by atoms with Crippen molar-refractivity contribution in [2.24, 2.45) is 0 Å². The summed E-state index contributed by atoms with van der Waals surface area (Å²) in [6, 6.07) is 0. The van der Waals surface area contributed by atoms with Crippen LogP contribution >= 0.6 is 7.37 Å². The van der Waals surface area contributed by atoms with Gasteiger partial charge in [0.25, 0.3) is 0 Å². The fourth-order valence-corrected chi connectivity index (χ4v) is 4.23. The maximum atomic E-state index is 12.3. The number of hydrogen-bond acceptors (Lipinski definition) is 2. The normalized spacial score (nSPS) is 19.7. The highest BCUT2D eigenvalue weighted by Gasteiger charge is 2.48. The standard InChI is InChI=1S/C10H15F6O2P/c11-9(12,13)6-19(17,7-10(14,15)16)18-8-4-2-1-3-5-8/h8H,1-7H2. The fourth-order valence-electron chi connectivity index (χ4n) is 2.12.